The highest BCUT2D eigenvalue weighted by atomic mass is 32.1. The van der Waals surface area contributed by atoms with Crippen molar-refractivity contribution in [2.24, 2.45) is 0 Å². The summed E-state index contributed by atoms with van der Waals surface area (Å²) in [5, 5.41) is 10.4. The topological polar surface area (TPSA) is 3.24 Å². The minimum Gasteiger partial charge on any atom is -0.310 e. The summed E-state index contributed by atoms with van der Waals surface area (Å²) in [7, 11) is 0. The first kappa shape index (κ1) is 28.8. The molecule has 50 heavy (non-hydrogen) atoms. The van der Waals surface area contributed by atoms with Crippen molar-refractivity contribution in [3.05, 3.63) is 188 Å². The van der Waals surface area contributed by atoms with Gasteiger partial charge in [-0.3, -0.25) is 0 Å². The van der Waals surface area contributed by atoms with E-state index in [0.29, 0.717) is 0 Å². The van der Waals surface area contributed by atoms with Crippen LogP contribution in [0.1, 0.15) is 0 Å². The van der Waals surface area contributed by atoms with E-state index < -0.39 is 0 Å². The average molecular weight is 654 g/mol. The molecule has 1 heterocycles. The van der Waals surface area contributed by atoms with E-state index in [0.717, 1.165) is 17.1 Å². The van der Waals surface area contributed by atoms with E-state index in [-0.39, 0.29) is 0 Å². The highest BCUT2D eigenvalue weighted by molar-refractivity contribution is 7.26. The number of hydrogen-bond acceptors (Lipinski definition) is 2. The van der Waals surface area contributed by atoms with Crippen LogP contribution in [0.4, 0.5) is 17.1 Å². The summed E-state index contributed by atoms with van der Waals surface area (Å²) in [6, 6.07) is 68.7. The molecule has 234 valence electrons. The van der Waals surface area contributed by atoms with Crippen molar-refractivity contribution < 1.29 is 0 Å². The van der Waals surface area contributed by atoms with E-state index in [2.05, 4.69) is 193 Å². The van der Waals surface area contributed by atoms with Crippen LogP contribution in [0.25, 0.3) is 74.7 Å². The van der Waals surface area contributed by atoms with Crippen molar-refractivity contribution in [1.82, 2.24) is 0 Å². The Morgan fingerprint density at radius 3 is 1.82 bits per heavy atom. The lowest BCUT2D eigenvalue weighted by atomic mass is 9.93. The molecule has 0 N–H and O–H groups in total. The molecule has 1 nitrogen and oxygen atoms in total. The molecule has 10 aromatic rings. The van der Waals surface area contributed by atoms with Crippen molar-refractivity contribution in [2.45, 2.75) is 0 Å². The van der Waals surface area contributed by atoms with Gasteiger partial charge in [0.05, 0.1) is 0 Å². The third-order valence-corrected chi connectivity index (χ3v) is 11.1. The minimum absolute atomic E-state index is 1.12. The predicted octanol–water partition coefficient (Wildman–Crippen LogP) is 14.3. The monoisotopic (exact) mass is 653 g/mol. The molecule has 0 amide bonds. The van der Waals surface area contributed by atoms with Crippen LogP contribution >= 0.6 is 11.3 Å². The number of benzene rings is 9. The van der Waals surface area contributed by atoms with Crippen molar-refractivity contribution in [1.29, 1.82) is 0 Å². The third-order valence-electron chi connectivity index (χ3n) is 10.0. The summed E-state index contributed by atoms with van der Waals surface area (Å²) >= 11 is 1.87. The second-order valence-corrected chi connectivity index (χ2v) is 14.0. The van der Waals surface area contributed by atoms with Gasteiger partial charge in [0.2, 0.25) is 0 Å². The van der Waals surface area contributed by atoms with Crippen LogP contribution in [0.3, 0.4) is 0 Å². The van der Waals surface area contributed by atoms with E-state index in [1.807, 2.05) is 11.3 Å². The third kappa shape index (κ3) is 4.76. The first-order valence-corrected chi connectivity index (χ1v) is 17.9. The van der Waals surface area contributed by atoms with Gasteiger partial charge in [0.25, 0.3) is 0 Å². The smallest absolute Gasteiger partial charge is 0.0476 e. The first-order chi connectivity index (χ1) is 24.8. The zero-order valence-electron chi connectivity index (χ0n) is 27.3. The standard InChI is InChI=1S/C48H31NS/c1-2-11-32(12-3-1)35-15-10-16-38(29-35)49(39-26-27-44-47(31-39)50-46-28-23-33-13-4-7-18-41(33)48(44)46)37-24-21-34(22-25-37)45-30-36-14-5-6-17-40(36)42-19-8-9-20-43(42)45/h1-31H. The van der Waals surface area contributed by atoms with Crippen LogP contribution in [0.15, 0.2) is 188 Å². The molecule has 0 bridgehead atoms. The molecule has 0 aliphatic heterocycles. The van der Waals surface area contributed by atoms with Crippen LogP contribution in [-0.4, -0.2) is 0 Å². The molecule has 0 unspecified atom stereocenters. The Bertz CT molecular complexity index is 2870. The molecule has 1 aromatic heterocycles. The highest BCUT2D eigenvalue weighted by Gasteiger charge is 2.17. The molecule has 10 rings (SSSR count). The maximum atomic E-state index is 2.40. The van der Waals surface area contributed by atoms with Crippen molar-refractivity contribution in [2.75, 3.05) is 4.90 Å². The average Bonchev–Trinajstić information content (AvgIpc) is 3.57. The lowest BCUT2D eigenvalue weighted by molar-refractivity contribution is 1.29. The van der Waals surface area contributed by atoms with Gasteiger partial charge in [0, 0.05) is 37.2 Å². The number of hydrogen-bond donors (Lipinski definition) is 0. The Morgan fingerprint density at radius 2 is 0.980 bits per heavy atom. The molecule has 0 saturated carbocycles. The Balaban J connectivity index is 1.14. The second kappa shape index (κ2) is 11.7. The minimum atomic E-state index is 1.12. The highest BCUT2D eigenvalue weighted by Crippen LogP contribution is 2.44. The number of fused-ring (bicyclic) bond motifs is 8. The molecule has 0 aliphatic rings. The number of nitrogens with zero attached hydrogens (tertiary/aromatic N) is 1. The Hall–Kier alpha value is -6.22. The largest absolute Gasteiger partial charge is 0.310 e. The Morgan fingerprint density at radius 1 is 0.320 bits per heavy atom. The van der Waals surface area contributed by atoms with E-state index in [1.165, 1.54) is 74.7 Å². The maximum Gasteiger partial charge on any atom is 0.0476 e. The summed E-state index contributed by atoms with van der Waals surface area (Å²) in [5.74, 6) is 0. The van der Waals surface area contributed by atoms with Crippen LogP contribution < -0.4 is 4.90 Å². The zero-order valence-corrected chi connectivity index (χ0v) is 28.1. The first-order valence-electron chi connectivity index (χ1n) is 17.1. The molecular weight excluding hydrogens is 623 g/mol. The van der Waals surface area contributed by atoms with E-state index >= 15 is 0 Å². The summed E-state index contributed by atoms with van der Waals surface area (Å²) < 4.78 is 2.61. The fraction of sp³-hybridized carbons (Fsp3) is 0. The fourth-order valence-electron chi connectivity index (χ4n) is 7.66. The molecular formula is C48H31NS. The molecule has 9 aromatic carbocycles. The van der Waals surface area contributed by atoms with Gasteiger partial charge in [-0.05, 0) is 103 Å². The van der Waals surface area contributed by atoms with Gasteiger partial charge in [-0.2, -0.15) is 0 Å². The molecule has 0 fully saturated rings. The van der Waals surface area contributed by atoms with Gasteiger partial charge in [-0.15, -0.1) is 11.3 Å². The molecule has 0 spiro atoms. The number of thiophene rings is 1. The molecule has 0 saturated heterocycles. The summed E-state index contributed by atoms with van der Waals surface area (Å²) in [4.78, 5) is 2.40. The van der Waals surface area contributed by atoms with Gasteiger partial charge >= 0.3 is 0 Å². The van der Waals surface area contributed by atoms with E-state index in [1.54, 1.807) is 0 Å². The number of anilines is 3. The SMILES string of the molecule is c1ccc(-c2cccc(N(c3ccc(-c4cc5ccccc5c5ccccc45)cc3)c3ccc4c(c3)sc3ccc5ccccc5c34)c2)cc1. The zero-order chi connectivity index (χ0) is 33.0. The van der Waals surface area contributed by atoms with Crippen molar-refractivity contribution >= 4 is 80.9 Å². The lowest BCUT2D eigenvalue weighted by Crippen LogP contribution is -2.10. The Labute approximate surface area is 294 Å². The lowest BCUT2D eigenvalue weighted by Gasteiger charge is -2.26. The maximum absolute atomic E-state index is 2.40. The molecule has 2 heteroatoms. The van der Waals surface area contributed by atoms with Gasteiger partial charge in [-0.25, -0.2) is 0 Å². The molecule has 0 atom stereocenters. The van der Waals surface area contributed by atoms with Crippen LogP contribution in [0.2, 0.25) is 0 Å². The number of rotatable bonds is 5. The fourth-order valence-corrected chi connectivity index (χ4v) is 8.81. The van der Waals surface area contributed by atoms with E-state index in [9.17, 15) is 0 Å². The molecule has 0 radical (unpaired) electrons. The van der Waals surface area contributed by atoms with Gasteiger partial charge in [-0.1, -0.05) is 140 Å². The van der Waals surface area contributed by atoms with Crippen molar-refractivity contribution in [3.8, 4) is 22.3 Å². The van der Waals surface area contributed by atoms with Gasteiger partial charge < -0.3 is 4.90 Å². The Kier molecular flexibility index (Phi) is 6.75. The summed E-state index contributed by atoms with van der Waals surface area (Å²) in [6.07, 6.45) is 0. The predicted molar refractivity (Wildman–Crippen MR) is 217 cm³/mol. The summed E-state index contributed by atoms with van der Waals surface area (Å²) in [6.45, 7) is 0. The van der Waals surface area contributed by atoms with Crippen molar-refractivity contribution in [3.63, 3.8) is 0 Å². The molecule has 0 aliphatic carbocycles. The van der Waals surface area contributed by atoms with Crippen LogP contribution in [0.5, 0.6) is 0 Å². The van der Waals surface area contributed by atoms with Gasteiger partial charge in [0.15, 0.2) is 0 Å². The van der Waals surface area contributed by atoms with E-state index in [4.69, 9.17) is 0 Å². The summed E-state index contributed by atoms with van der Waals surface area (Å²) in [5.41, 5.74) is 8.25. The van der Waals surface area contributed by atoms with Crippen LogP contribution in [0, 0.1) is 0 Å². The second-order valence-electron chi connectivity index (χ2n) is 12.9. The van der Waals surface area contributed by atoms with Crippen LogP contribution in [-0.2, 0) is 0 Å². The van der Waals surface area contributed by atoms with Gasteiger partial charge in [0.1, 0.15) is 0 Å². The quantitative estimate of drug-likeness (QED) is 0.167. The normalized spacial score (nSPS) is 11.6.